The van der Waals surface area contributed by atoms with Gasteiger partial charge in [0.05, 0.1) is 5.56 Å². The molecule has 0 spiro atoms. The minimum atomic E-state index is -0.159. The summed E-state index contributed by atoms with van der Waals surface area (Å²) in [5.41, 5.74) is 9.75. The number of nitrogens with two attached hydrogens (primary N) is 1. The van der Waals surface area contributed by atoms with Gasteiger partial charge in [0.15, 0.2) is 0 Å². The van der Waals surface area contributed by atoms with Crippen molar-refractivity contribution in [3.05, 3.63) is 52.5 Å². The topological polar surface area (TPSA) is 58.4 Å². The lowest BCUT2D eigenvalue weighted by Gasteiger charge is -2.30. The Morgan fingerprint density at radius 1 is 1.12 bits per heavy atom. The molecule has 1 saturated heterocycles. The predicted molar refractivity (Wildman–Crippen MR) is 101 cm³/mol. The van der Waals surface area contributed by atoms with E-state index in [1.807, 2.05) is 31.2 Å². The first kappa shape index (κ1) is 16.7. The average Bonchev–Trinajstić information content (AvgIpc) is 2.59. The zero-order valence-electron chi connectivity index (χ0n) is 13.8. The van der Waals surface area contributed by atoms with Gasteiger partial charge in [0.25, 0.3) is 5.91 Å². The summed E-state index contributed by atoms with van der Waals surface area (Å²) in [5.74, 6) is -0.159. The first-order valence-electron chi connectivity index (χ1n) is 8.26. The van der Waals surface area contributed by atoms with E-state index < -0.39 is 0 Å². The summed E-state index contributed by atoms with van der Waals surface area (Å²) in [4.78, 5) is 15.1. The van der Waals surface area contributed by atoms with Crippen LogP contribution in [0.1, 0.15) is 35.2 Å². The molecular weight excluding hydrogens is 322 g/mol. The van der Waals surface area contributed by atoms with Crippen molar-refractivity contribution in [2.75, 3.05) is 29.0 Å². The Labute approximate surface area is 147 Å². The van der Waals surface area contributed by atoms with Crippen LogP contribution in [0.4, 0.5) is 17.1 Å². The first-order valence-corrected chi connectivity index (χ1v) is 8.64. The van der Waals surface area contributed by atoms with Crippen molar-refractivity contribution in [1.29, 1.82) is 0 Å². The van der Waals surface area contributed by atoms with Crippen molar-refractivity contribution >= 4 is 34.6 Å². The zero-order chi connectivity index (χ0) is 17.1. The van der Waals surface area contributed by atoms with Gasteiger partial charge >= 0.3 is 0 Å². The van der Waals surface area contributed by atoms with Crippen LogP contribution in [0.5, 0.6) is 0 Å². The van der Waals surface area contributed by atoms with Crippen molar-refractivity contribution in [3.8, 4) is 0 Å². The quantitative estimate of drug-likeness (QED) is 0.808. The molecule has 24 heavy (non-hydrogen) atoms. The SMILES string of the molecule is Cc1ccc(Cl)cc1NC(=O)c1cc(N)ccc1N1CCCCC1. The van der Waals surface area contributed by atoms with E-state index in [1.165, 1.54) is 6.42 Å². The van der Waals surface area contributed by atoms with E-state index in [2.05, 4.69) is 10.2 Å². The van der Waals surface area contributed by atoms with Crippen LogP contribution in [0.3, 0.4) is 0 Å². The Hall–Kier alpha value is -2.20. The van der Waals surface area contributed by atoms with Gasteiger partial charge in [-0.25, -0.2) is 0 Å². The maximum atomic E-state index is 12.9. The minimum absolute atomic E-state index is 0.159. The molecular formula is C19H22ClN3O. The van der Waals surface area contributed by atoms with Gasteiger partial charge in [0, 0.05) is 35.2 Å². The third-order valence-corrected chi connectivity index (χ3v) is 4.64. The number of carbonyl (C=O) groups is 1. The standard InChI is InChI=1S/C19H22ClN3O/c1-13-5-6-14(20)11-17(13)22-19(24)16-12-15(21)7-8-18(16)23-9-3-2-4-10-23/h5-8,11-12H,2-4,9-10,21H2,1H3,(H,22,24). The highest BCUT2D eigenvalue weighted by molar-refractivity contribution is 6.31. The van der Waals surface area contributed by atoms with Crippen LogP contribution in [-0.2, 0) is 0 Å². The highest BCUT2D eigenvalue weighted by Crippen LogP contribution is 2.28. The number of carbonyl (C=O) groups excluding carboxylic acids is 1. The van der Waals surface area contributed by atoms with Crippen LogP contribution in [0.15, 0.2) is 36.4 Å². The van der Waals surface area contributed by atoms with Crippen LogP contribution in [0.25, 0.3) is 0 Å². The van der Waals surface area contributed by atoms with Crippen molar-refractivity contribution in [1.82, 2.24) is 0 Å². The number of amides is 1. The molecule has 1 aliphatic rings. The fourth-order valence-corrected chi connectivity index (χ4v) is 3.24. The number of benzene rings is 2. The monoisotopic (exact) mass is 343 g/mol. The van der Waals surface area contributed by atoms with Crippen LogP contribution >= 0.6 is 11.6 Å². The van der Waals surface area contributed by atoms with Gasteiger partial charge in [-0.05, 0) is 62.1 Å². The fraction of sp³-hybridized carbons (Fsp3) is 0.316. The lowest BCUT2D eigenvalue weighted by Crippen LogP contribution is -2.31. The molecule has 1 fully saturated rings. The number of aryl methyl sites for hydroxylation is 1. The molecule has 3 rings (SSSR count). The number of rotatable bonds is 3. The summed E-state index contributed by atoms with van der Waals surface area (Å²) in [7, 11) is 0. The van der Waals surface area contributed by atoms with E-state index >= 15 is 0 Å². The van der Waals surface area contributed by atoms with E-state index in [1.54, 1.807) is 12.1 Å². The van der Waals surface area contributed by atoms with E-state index in [9.17, 15) is 4.79 Å². The van der Waals surface area contributed by atoms with Gasteiger partial charge in [-0.3, -0.25) is 4.79 Å². The number of piperidine rings is 1. The number of nitrogens with zero attached hydrogens (tertiary/aromatic N) is 1. The largest absolute Gasteiger partial charge is 0.399 e. The highest BCUT2D eigenvalue weighted by atomic mass is 35.5. The molecule has 2 aromatic carbocycles. The van der Waals surface area contributed by atoms with E-state index in [4.69, 9.17) is 17.3 Å². The Morgan fingerprint density at radius 2 is 1.88 bits per heavy atom. The van der Waals surface area contributed by atoms with Gasteiger partial charge in [-0.15, -0.1) is 0 Å². The number of hydrogen-bond donors (Lipinski definition) is 2. The van der Waals surface area contributed by atoms with E-state index in [0.717, 1.165) is 42.9 Å². The smallest absolute Gasteiger partial charge is 0.257 e. The Kier molecular flexibility index (Phi) is 4.95. The van der Waals surface area contributed by atoms with Crippen LogP contribution < -0.4 is 16.0 Å². The summed E-state index contributed by atoms with van der Waals surface area (Å²) in [5, 5.41) is 3.57. The second-order valence-corrected chi connectivity index (χ2v) is 6.67. The van der Waals surface area contributed by atoms with Crippen LogP contribution in [0, 0.1) is 6.92 Å². The zero-order valence-corrected chi connectivity index (χ0v) is 14.6. The number of nitrogens with one attached hydrogen (secondary N) is 1. The van der Waals surface area contributed by atoms with Gasteiger partial charge in [-0.2, -0.15) is 0 Å². The summed E-state index contributed by atoms with van der Waals surface area (Å²) in [6.07, 6.45) is 3.55. The Bertz CT molecular complexity index is 754. The summed E-state index contributed by atoms with van der Waals surface area (Å²) in [6, 6.07) is 11.0. The molecule has 5 heteroatoms. The summed E-state index contributed by atoms with van der Waals surface area (Å²) >= 11 is 6.04. The minimum Gasteiger partial charge on any atom is -0.399 e. The molecule has 1 aliphatic heterocycles. The highest BCUT2D eigenvalue weighted by Gasteiger charge is 2.19. The number of anilines is 3. The second-order valence-electron chi connectivity index (χ2n) is 6.24. The second kappa shape index (κ2) is 7.14. The third-order valence-electron chi connectivity index (χ3n) is 4.41. The fourth-order valence-electron chi connectivity index (χ4n) is 3.06. The lowest BCUT2D eigenvalue weighted by atomic mass is 10.1. The normalized spacial score (nSPS) is 14.5. The molecule has 0 aromatic heterocycles. The van der Waals surface area contributed by atoms with Crippen molar-refractivity contribution in [2.45, 2.75) is 26.2 Å². The molecule has 0 aliphatic carbocycles. The molecule has 0 bridgehead atoms. The summed E-state index contributed by atoms with van der Waals surface area (Å²) in [6.45, 7) is 3.89. The third kappa shape index (κ3) is 3.65. The molecule has 0 saturated carbocycles. The number of halogens is 1. The van der Waals surface area contributed by atoms with Crippen LogP contribution in [0.2, 0.25) is 5.02 Å². The van der Waals surface area contributed by atoms with E-state index in [0.29, 0.717) is 16.3 Å². The molecule has 0 unspecified atom stereocenters. The Balaban J connectivity index is 1.91. The lowest BCUT2D eigenvalue weighted by molar-refractivity contribution is 0.102. The molecule has 3 N–H and O–H groups in total. The van der Waals surface area contributed by atoms with Gasteiger partial charge in [-0.1, -0.05) is 17.7 Å². The van der Waals surface area contributed by atoms with Gasteiger partial charge in [0.2, 0.25) is 0 Å². The molecule has 0 radical (unpaired) electrons. The molecule has 0 atom stereocenters. The van der Waals surface area contributed by atoms with Crippen molar-refractivity contribution < 1.29 is 4.79 Å². The van der Waals surface area contributed by atoms with Gasteiger partial charge in [0.1, 0.15) is 0 Å². The first-order chi connectivity index (χ1) is 11.5. The van der Waals surface area contributed by atoms with Crippen molar-refractivity contribution in [3.63, 3.8) is 0 Å². The maximum absolute atomic E-state index is 12.9. The van der Waals surface area contributed by atoms with Crippen LogP contribution in [-0.4, -0.2) is 19.0 Å². The van der Waals surface area contributed by atoms with E-state index in [-0.39, 0.29) is 5.91 Å². The maximum Gasteiger partial charge on any atom is 0.257 e. The molecule has 126 valence electrons. The molecule has 2 aromatic rings. The molecule has 1 amide bonds. The summed E-state index contributed by atoms with van der Waals surface area (Å²) < 4.78 is 0. The Morgan fingerprint density at radius 3 is 2.62 bits per heavy atom. The number of nitrogen functional groups attached to an aromatic ring is 1. The number of hydrogen-bond acceptors (Lipinski definition) is 3. The average molecular weight is 344 g/mol. The van der Waals surface area contributed by atoms with Crippen molar-refractivity contribution in [2.24, 2.45) is 0 Å². The molecule has 1 heterocycles. The van der Waals surface area contributed by atoms with Gasteiger partial charge < -0.3 is 16.0 Å². The predicted octanol–water partition coefficient (Wildman–Crippen LogP) is 4.47. The molecule has 4 nitrogen and oxygen atoms in total.